The second kappa shape index (κ2) is 6.84. The Morgan fingerprint density at radius 2 is 1.96 bits per heavy atom. The first-order valence-electron chi connectivity index (χ1n) is 8.43. The lowest BCUT2D eigenvalue weighted by Gasteiger charge is -2.12. The van der Waals surface area contributed by atoms with Crippen LogP contribution in [0, 0.1) is 0 Å². The van der Waals surface area contributed by atoms with Crippen LogP contribution in [0.5, 0.6) is 5.75 Å². The molecule has 2 heterocycles. The average Bonchev–Trinajstić information content (AvgIpc) is 3.33. The Bertz CT molecular complexity index is 1050. The number of hydrogen-bond donors (Lipinski definition) is 3. The number of carbonyl (C=O) groups excluding carboxylic acids is 1. The van der Waals surface area contributed by atoms with E-state index < -0.39 is 6.03 Å². The predicted molar refractivity (Wildman–Crippen MR) is 108 cm³/mol. The van der Waals surface area contributed by atoms with E-state index in [1.807, 2.05) is 60.9 Å². The molecule has 0 unspecified atom stereocenters. The number of benzene rings is 2. The summed E-state index contributed by atoms with van der Waals surface area (Å²) in [4.78, 5) is 19.0. The highest BCUT2D eigenvalue weighted by Crippen LogP contribution is 2.40. The monoisotopic (exact) mass is 358 g/mol. The van der Waals surface area contributed by atoms with Gasteiger partial charge in [0.2, 0.25) is 0 Å². The van der Waals surface area contributed by atoms with Gasteiger partial charge in [-0.3, -0.25) is 4.99 Å². The molecule has 4 N–H and O–H groups in total. The normalized spacial score (nSPS) is 14.0. The Morgan fingerprint density at radius 3 is 2.63 bits per heavy atom. The SMILES string of the molecule is COc1ccc(C(=C2C=Nc3ccc(NC(N)=O)cc32)c2ccc[nH]2)cc1. The quantitative estimate of drug-likeness (QED) is 0.652. The number of aromatic nitrogens is 1. The lowest BCUT2D eigenvalue weighted by atomic mass is 9.93. The van der Waals surface area contributed by atoms with Crippen molar-refractivity contribution in [3.05, 3.63) is 77.6 Å². The second-order valence-corrected chi connectivity index (χ2v) is 6.08. The highest BCUT2D eigenvalue weighted by Gasteiger charge is 2.20. The van der Waals surface area contributed by atoms with Crippen molar-refractivity contribution in [2.75, 3.05) is 12.4 Å². The number of nitrogens with one attached hydrogen (secondary N) is 2. The zero-order valence-corrected chi connectivity index (χ0v) is 14.7. The van der Waals surface area contributed by atoms with Crippen molar-refractivity contribution in [2.24, 2.45) is 10.7 Å². The van der Waals surface area contributed by atoms with Crippen LogP contribution in [-0.2, 0) is 0 Å². The summed E-state index contributed by atoms with van der Waals surface area (Å²) in [6.07, 6.45) is 3.73. The van der Waals surface area contributed by atoms with Crippen molar-refractivity contribution in [3.8, 4) is 5.75 Å². The third-order valence-electron chi connectivity index (χ3n) is 4.40. The van der Waals surface area contributed by atoms with Crippen LogP contribution in [0.15, 0.2) is 65.8 Å². The van der Waals surface area contributed by atoms with Gasteiger partial charge in [0.05, 0.1) is 12.8 Å². The van der Waals surface area contributed by atoms with Gasteiger partial charge in [0.1, 0.15) is 5.75 Å². The minimum Gasteiger partial charge on any atom is -0.497 e. The fourth-order valence-corrected chi connectivity index (χ4v) is 3.19. The molecule has 1 aliphatic heterocycles. The summed E-state index contributed by atoms with van der Waals surface area (Å²) in [6.45, 7) is 0. The number of primary amides is 1. The first kappa shape index (κ1) is 16.7. The molecule has 0 bridgehead atoms. The van der Waals surface area contributed by atoms with Gasteiger partial charge in [-0.25, -0.2) is 4.79 Å². The van der Waals surface area contributed by atoms with Crippen LogP contribution in [0.25, 0.3) is 11.1 Å². The molecule has 1 aromatic heterocycles. The summed E-state index contributed by atoms with van der Waals surface area (Å²) < 4.78 is 5.27. The van der Waals surface area contributed by atoms with E-state index >= 15 is 0 Å². The summed E-state index contributed by atoms with van der Waals surface area (Å²) in [5, 5.41) is 2.62. The van der Waals surface area contributed by atoms with Gasteiger partial charge in [-0.1, -0.05) is 12.1 Å². The molecule has 4 rings (SSSR count). The van der Waals surface area contributed by atoms with E-state index in [1.165, 1.54) is 0 Å². The number of aliphatic imine (C=N–C) groups is 1. The molecular formula is C21H18N4O2. The number of hydrogen-bond acceptors (Lipinski definition) is 3. The van der Waals surface area contributed by atoms with Gasteiger partial charge in [-0.05, 0) is 48.0 Å². The number of aromatic amines is 1. The highest BCUT2D eigenvalue weighted by molar-refractivity contribution is 6.26. The maximum atomic E-state index is 11.2. The Balaban J connectivity index is 1.89. The third kappa shape index (κ3) is 3.20. The molecular weight excluding hydrogens is 340 g/mol. The molecule has 3 aromatic rings. The number of fused-ring (bicyclic) bond motifs is 1. The number of urea groups is 1. The van der Waals surface area contributed by atoms with Crippen LogP contribution >= 0.6 is 0 Å². The zero-order chi connectivity index (χ0) is 18.8. The fraction of sp³-hybridized carbons (Fsp3) is 0.0476. The summed E-state index contributed by atoms with van der Waals surface area (Å²) >= 11 is 0. The van der Waals surface area contributed by atoms with Crippen molar-refractivity contribution in [3.63, 3.8) is 0 Å². The molecule has 2 aromatic carbocycles. The number of allylic oxidation sites excluding steroid dienone is 1. The summed E-state index contributed by atoms with van der Waals surface area (Å²) in [5.41, 5.74) is 11.6. The number of methoxy groups -OCH3 is 1. The molecule has 0 saturated heterocycles. The van der Waals surface area contributed by atoms with Gasteiger partial charge in [0.25, 0.3) is 0 Å². The van der Waals surface area contributed by atoms with Crippen molar-refractivity contribution in [1.29, 1.82) is 0 Å². The number of nitrogens with zero attached hydrogens (tertiary/aromatic N) is 1. The maximum absolute atomic E-state index is 11.2. The van der Waals surface area contributed by atoms with E-state index in [4.69, 9.17) is 10.5 Å². The molecule has 6 heteroatoms. The van der Waals surface area contributed by atoms with E-state index in [0.717, 1.165) is 39.4 Å². The molecule has 0 saturated carbocycles. The van der Waals surface area contributed by atoms with Crippen molar-refractivity contribution in [1.82, 2.24) is 4.98 Å². The Labute approximate surface area is 156 Å². The van der Waals surface area contributed by atoms with Crippen molar-refractivity contribution >= 4 is 34.8 Å². The number of nitrogens with two attached hydrogens (primary N) is 1. The van der Waals surface area contributed by atoms with Crippen molar-refractivity contribution < 1.29 is 9.53 Å². The molecule has 0 spiro atoms. The van der Waals surface area contributed by atoms with Gasteiger partial charge >= 0.3 is 6.03 Å². The lowest BCUT2D eigenvalue weighted by Crippen LogP contribution is -2.19. The Kier molecular flexibility index (Phi) is 4.22. The molecule has 2 amide bonds. The molecule has 1 aliphatic rings. The third-order valence-corrected chi connectivity index (χ3v) is 4.40. The van der Waals surface area contributed by atoms with E-state index in [0.29, 0.717) is 5.69 Å². The summed E-state index contributed by atoms with van der Waals surface area (Å²) in [6, 6.07) is 16.8. The molecule has 6 nitrogen and oxygen atoms in total. The van der Waals surface area contributed by atoms with Gasteiger partial charge in [0, 0.05) is 40.5 Å². The number of carbonyl (C=O) groups is 1. The van der Waals surface area contributed by atoms with Crippen LogP contribution in [-0.4, -0.2) is 24.3 Å². The first-order valence-corrected chi connectivity index (χ1v) is 8.43. The maximum Gasteiger partial charge on any atom is 0.316 e. The standard InChI is InChI=1S/C21H18N4O2/c1-27-15-7-4-13(5-8-15)20(19-3-2-10-23-19)17-12-24-18-9-6-14(11-16(17)18)25-21(22)26/h2-12,23H,1H3,(H3,22,25,26). The molecule has 134 valence electrons. The Morgan fingerprint density at radius 1 is 1.15 bits per heavy atom. The van der Waals surface area contributed by atoms with E-state index in [2.05, 4.69) is 15.3 Å². The highest BCUT2D eigenvalue weighted by atomic mass is 16.5. The lowest BCUT2D eigenvalue weighted by molar-refractivity contribution is 0.259. The number of ether oxygens (including phenoxy) is 1. The van der Waals surface area contributed by atoms with Crippen molar-refractivity contribution in [2.45, 2.75) is 0 Å². The molecule has 0 fully saturated rings. The Hall–Kier alpha value is -3.80. The first-order chi connectivity index (χ1) is 13.2. The largest absolute Gasteiger partial charge is 0.497 e. The number of rotatable bonds is 4. The average molecular weight is 358 g/mol. The van der Waals surface area contributed by atoms with E-state index in [1.54, 1.807) is 13.2 Å². The molecule has 27 heavy (non-hydrogen) atoms. The fourth-order valence-electron chi connectivity index (χ4n) is 3.19. The molecule has 0 atom stereocenters. The minimum absolute atomic E-state index is 0.598. The second-order valence-electron chi connectivity index (χ2n) is 6.08. The van der Waals surface area contributed by atoms with Gasteiger partial charge in [0.15, 0.2) is 0 Å². The smallest absolute Gasteiger partial charge is 0.316 e. The number of anilines is 1. The van der Waals surface area contributed by atoms with Crippen LogP contribution in [0.3, 0.4) is 0 Å². The van der Waals surface area contributed by atoms with Crippen LogP contribution in [0.2, 0.25) is 0 Å². The number of amides is 2. The van der Waals surface area contributed by atoms with Gasteiger partial charge in [-0.2, -0.15) is 0 Å². The molecule has 0 radical (unpaired) electrons. The predicted octanol–water partition coefficient (Wildman–Crippen LogP) is 4.19. The number of H-pyrrole nitrogens is 1. The molecule has 0 aliphatic carbocycles. The topological polar surface area (TPSA) is 92.5 Å². The van der Waals surface area contributed by atoms with Gasteiger partial charge in [-0.15, -0.1) is 0 Å². The zero-order valence-electron chi connectivity index (χ0n) is 14.7. The van der Waals surface area contributed by atoms with E-state index in [9.17, 15) is 4.79 Å². The summed E-state index contributed by atoms with van der Waals surface area (Å²) in [7, 11) is 1.65. The van der Waals surface area contributed by atoms with Crippen LogP contribution < -0.4 is 15.8 Å². The van der Waals surface area contributed by atoms with Gasteiger partial charge < -0.3 is 20.8 Å². The van der Waals surface area contributed by atoms with Crippen LogP contribution in [0.4, 0.5) is 16.2 Å². The minimum atomic E-state index is -0.598. The van der Waals surface area contributed by atoms with Crippen LogP contribution in [0.1, 0.15) is 16.8 Å². The summed E-state index contributed by atoms with van der Waals surface area (Å²) in [5.74, 6) is 0.794. The van der Waals surface area contributed by atoms with E-state index in [-0.39, 0.29) is 0 Å².